The Bertz CT molecular complexity index is 565. The van der Waals surface area contributed by atoms with Gasteiger partial charge in [-0.25, -0.2) is 0 Å². The fraction of sp³-hybridized carbons (Fsp3) is 0. The lowest BCUT2D eigenvalue weighted by Gasteiger charge is -2.20. The van der Waals surface area contributed by atoms with E-state index in [9.17, 15) is 8.96 Å². The summed E-state index contributed by atoms with van der Waals surface area (Å²) < 4.78 is 25.8. The topological polar surface area (TPSA) is 24.7 Å². The van der Waals surface area contributed by atoms with Crippen molar-refractivity contribution in [1.29, 1.82) is 0 Å². The van der Waals surface area contributed by atoms with Crippen LogP contribution in [0.1, 0.15) is 22.3 Å². The first-order chi connectivity index (χ1) is 8.86. The van der Waals surface area contributed by atoms with Crippen molar-refractivity contribution in [2.24, 2.45) is 10.4 Å². The minimum absolute atomic E-state index is 0.216. The van der Waals surface area contributed by atoms with Crippen LogP contribution in [0.25, 0.3) is 0 Å². The third kappa shape index (κ3) is 1.39. The number of halogens is 2. The normalized spacial score (nSPS) is 12.8. The van der Waals surface area contributed by atoms with Crippen molar-refractivity contribution >= 4 is 11.4 Å². The highest BCUT2D eigenvalue weighted by atomic mass is 19.2. The Morgan fingerprint density at radius 2 is 0.833 bits per heavy atom. The van der Waals surface area contributed by atoms with E-state index in [1.54, 1.807) is 48.5 Å². The summed E-state index contributed by atoms with van der Waals surface area (Å²) in [6, 6.07) is 13.8. The van der Waals surface area contributed by atoms with E-state index in [-0.39, 0.29) is 11.4 Å². The zero-order valence-corrected chi connectivity index (χ0v) is 9.27. The molecule has 1 aliphatic carbocycles. The molecule has 0 bridgehead atoms. The lowest BCUT2D eigenvalue weighted by molar-refractivity contribution is 0.535. The Hall–Kier alpha value is -2.36. The van der Waals surface area contributed by atoms with Crippen LogP contribution in [0.15, 0.2) is 59.0 Å². The second kappa shape index (κ2) is 4.14. The van der Waals surface area contributed by atoms with Gasteiger partial charge in [0.15, 0.2) is 0 Å². The van der Waals surface area contributed by atoms with Gasteiger partial charge in [-0.1, -0.05) is 67.9 Å². The fourth-order valence-electron chi connectivity index (χ4n) is 2.26. The predicted octanol–water partition coefficient (Wildman–Crippen LogP) is 3.44. The molecule has 0 saturated carbocycles. The molecule has 88 valence electrons. The van der Waals surface area contributed by atoms with Gasteiger partial charge in [-0.2, -0.15) is 0 Å². The Kier molecular flexibility index (Phi) is 2.48. The Balaban J connectivity index is 2.40. The molecule has 0 fully saturated rings. The summed E-state index contributed by atoms with van der Waals surface area (Å²) in [4.78, 5) is 0. The van der Waals surface area contributed by atoms with Crippen LogP contribution >= 0.6 is 0 Å². The molecule has 18 heavy (non-hydrogen) atoms. The Labute approximate surface area is 102 Å². The van der Waals surface area contributed by atoms with E-state index in [4.69, 9.17) is 0 Å². The molecule has 0 atom stereocenters. The van der Waals surface area contributed by atoms with Gasteiger partial charge in [0.05, 0.1) is 0 Å². The number of rotatable bonds is 0. The molecule has 2 aromatic rings. The highest BCUT2D eigenvalue weighted by Crippen LogP contribution is 2.28. The summed E-state index contributed by atoms with van der Waals surface area (Å²) >= 11 is 0. The van der Waals surface area contributed by atoms with Crippen LogP contribution in [0.2, 0.25) is 0 Å². The molecule has 0 radical (unpaired) electrons. The zero-order valence-electron chi connectivity index (χ0n) is 9.27. The van der Waals surface area contributed by atoms with E-state index in [1.165, 1.54) is 0 Å². The maximum absolute atomic E-state index is 12.9. The van der Waals surface area contributed by atoms with Gasteiger partial charge in [-0.15, -0.1) is 0 Å². The molecule has 4 heteroatoms. The van der Waals surface area contributed by atoms with Crippen molar-refractivity contribution in [3.63, 3.8) is 0 Å². The van der Waals surface area contributed by atoms with E-state index in [0.29, 0.717) is 22.3 Å². The highest BCUT2D eigenvalue weighted by Gasteiger charge is 2.26. The van der Waals surface area contributed by atoms with Crippen LogP contribution in [-0.4, -0.2) is 11.4 Å². The molecular weight excluding hydrogens is 234 g/mol. The van der Waals surface area contributed by atoms with Crippen LogP contribution in [0, 0.1) is 0 Å². The molecule has 0 aromatic heterocycles. The van der Waals surface area contributed by atoms with Crippen LogP contribution in [0.5, 0.6) is 0 Å². The van der Waals surface area contributed by atoms with Gasteiger partial charge in [0, 0.05) is 22.3 Å². The summed E-state index contributed by atoms with van der Waals surface area (Å²) in [5, 5.41) is 5.68. The standard InChI is InChI=1S/C14H8F2N2/c15-17-13-9-5-1-2-6-10(9)14(18-16)12-8-4-3-7-11(12)13/h1-8H. The third-order valence-electron chi connectivity index (χ3n) is 3.04. The Morgan fingerprint density at radius 3 is 1.06 bits per heavy atom. The summed E-state index contributed by atoms with van der Waals surface area (Å²) in [7, 11) is 0. The van der Waals surface area contributed by atoms with Crippen molar-refractivity contribution in [2.45, 2.75) is 0 Å². The van der Waals surface area contributed by atoms with Gasteiger partial charge >= 0.3 is 0 Å². The van der Waals surface area contributed by atoms with Gasteiger partial charge in [-0.3, -0.25) is 0 Å². The second-order valence-electron chi connectivity index (χ2n) is 3.96. The maximum atomic E-state index is 12.9. The van der Waals surface area contributed by atoms with Crippen LogP contribution in [0.4, 0.5) is 8.96 Å². The summed E-state index contributed by atoms with van der Waals surface area (Å²) in [6.07, 6.45) is 0. The van der Waals surface area contributed by atoms with Crippen molar-refractivity contribution in [3.8, 4) is 0 Å². The van der Waals surface area contributed by atoms with Crippen LogP contribution in [0.3, 0.4) is 0 Å². The zero-order chi connectivity index (χ0) is 12.5. The molecule has 0 heterocycles. The number of nitrogens with zero attached hydrogens (tertiary/aromatic N) is 2. The lowest BCUT2D eigenvalue weighted by atomic mass is 9.83. The third-order valence-corrected chi connectivity index (χ3v) is 3.04. The van der Waals surface area contributed by atoms with Crippen molar-refractivity contribution in [3.05, 3.63) is 70.8 Å². The average Bonchev–Trinajstić information content (AvgIpc) is 2.44. The molecular formula is C14H8F2N2. The quantitative estimate of drug-likeness (QED) is 0.577. The smallest absolute Gasteiger partial charge is 0.0863 e. The second-order valence-corrected chi connectivity index (χ2v) is 3.96. The van der Waals surface area contributed by atoms with Gasteiger partial charge in [0.1, 0.15) is 11.4 Å². The maximum Gasteiger partial charge on any atom is 0.112 e. The summed E-state index contributed by atoms with van der Waals surface area (Å²) in [6.45, 7) is 0. The molecule has 0 N–H and O–H groups in total. The van der Waals surface area contributed by atoms with Crippen molar-refractivity contribution < 1.29 is 8.96 Å². The van der Waals surface area contributed by atoms with Crippen molar-refractivity contribution in [1.82, 2.24) is 0 Å². The van der Waals surface area contributed by atoms with Crippen LogP contribution < -0.4 is 0 Å². The number of hydrogen-bond donors (Lipinski definition) is 0. The minimum atomic E-state index is 0.216. The molecule has 3 rings (SSSR count). The molecule has 0 unspecified atom stereocenters. The lowest BCUT2D eigenvalue weighted by Crippen LogP contribution is -2.21. The largest absolute Gasteiger partial charge is 0.112 e. The van der Waals surface area contributed by atoms with Crippen molar-refractivity contribution in [2.75, 3.05) is 0 Å². The van der Waals surface area contributed by atoms with E-state index >= 15 is 0 Å². The highest BCUT2D eigenvalue weighted by molar-refractivity contribution is 6.31. The number of hydrogen-bond acceptors (Lipinski definition) is 2. The predicted molar refractivity (Wildman–Crippen MR) is 66.4 cm³/mol. The van der Waals surface area contributed by atoms with E-state index in [2.05, 4.69) is 10.4 Å². The Morgan fingerprint density at radius 1 is 0.556 bits per heavy atom. The average molecular weight is 242 g/mol. The SMILES string of the molecule is FN=C1c2ccccc2C(=NF)c2ccccc21. The summed E-state index contributed by atoms with van der Waals surface area (Å²) in [5.74, 6) is 0. The molecule has 0 aliphatic heterocycles. The molecule has 2 nitrogen and oxygen atoms in total. The van der Waals surface area contributed by atoms with Gasteiger partial charge in [0.25, 0.3) is 0 Å². The van der Waals surface area contributed by atoms with E-state index in [0.717, 1.165) is 0 Å². The molecule has 1 aliphatic rings. The monoisotopic (exact) mass is 242 g/mol. The van der Waals surface area contributed by atoms with Gasteiger partial charge in [0.2, 0.25) is 0 Å². The molecule has 0 saturated heterocycles. The molecule has 2 aromatic carbocycles. The first-order valence-corrected chi connectivity index (χ1v) is 5.44. The summed E-state index contributed by atoms with van der Waals surface area (Å²) in [5.41, 5.74) is 2.64. The number of benzene rings is 2. The molecule has 0 amide bonds. The van der Waals surface area contributed by atoms with E-state index < -0.39 is 0 Å². The molecule has 0 spiro atoms. The minimum Gasteiger partial charge on any atom is -0.0863 e. The van der Waals surface area contributed by atoms with Gasteiger partial charge in [-0.05, 0) is 0 Å². The van der Waals surface area contributed by atoms with Gasteiger partial charge < -0.3 is 0 Å². The first-order valence-electron chi connectivity index (χ1n) is 5.44. The first kappa shape index (κ1) is 10.8. The fourth-order valence-corrected chi connectivity index (χ4v) is 2.26. The van der Waals surface area contributed by atoms with Crippen LogP contribution in [-0.2, 0) is 0 Å². The van der Waals surface area contributed by atoms with E-state index in [1.807, 2.05) is 0 Å². The number of fused-ring (bicyclic) bond motifs is 2.